The Morgan fingerprint density at radius 2 is 1.96 bits per heavy atom. The first-order chi connectivity index (χ1) is 11.2. The molecule has 0 amide bonds. The number of fused-ring (bicyclic) bond motifs is 2. The molecule has 24 heavy (non-hydrogen) atoms. The van der Waals surface area contributed by atoms with Crippen LogP contribution < -0.4 is 0 Å². The minimum Gasteiger partial charge on any atom is -0.389 e. The lowest BCUT2D eigenvalue weighted by Gasteiger charge is -2.29. The molecule has 2 heterocycles. The molecule has 1 aliphatic carbocycles. The van der Waals surface area contributed by atoms with E-state index in [9.17, 15) is 10.2 Å². The fraction of sp³-hybridized carbons (Fsp3) is 0.700. The summed E-state index contributed by atoms with van der Waals surface area (Å²) in [4.78, 5) is 0. The van der Waals surface area contributed by atoms with Crippen molar-refractivity contribution >= 4 is 0 Å². The maximum atomic E-state index is 11.1. The minimum atomic E-state index is -1.07. The quantitative estimate of drug-likeness (QED) is 0.528. The lowest BCUT2D eigenvalue weighted by atomic mass is 9.83. The van der Waals surface area contributed by atoms with Gasteiger partial charge in [0.25, 0.3) is 0 Å². The second kappa shape index (κ2) is 6.41. The monoisotopic (exact) mass is 334 g/mol. The molecule has 2 fully saturated rings. The Kier molecular flexibility index (Phi) is 4.77. The molecule has 4 heteroatoms. The Hall–Kier alpha value is -0.940. The van der Waals surface area contributed by atoms with E-state index in [1.165, 1.54) is 5.57 Å². The predicted octanol–water partition coefficient (Wildman–Crippen LogP) is 3.05. The van der Waals surface area contributed by atoms with E-state index in [4.69, 9.17) is 9.47 Å². The summed E-state index contributed by atoms with van der Waals surface area (Å²) in [6, 6.07) is 0. The Bertz CT molecular complexity index is 566. The van der Waals surface area contributed by atoms with Gasteiger partial charge in [0, 0.05) is 0 Å². The zero-order valence-electron chi connectivity index (χ0n) is 14.9. The van der Waals surface area contributed by atoms with Crippen molar-refractivity contribution < 1.29 is 19.7 Å². The Morgan fingerprint density at radius 1 is 1.21 bits per heavy atom. The first kappa shape index (κ1) is 17.9. The van der Waals surface area contributed by atoms with Gasteiger partial charge in [0.2, 0.25) is 0 Å². The Labute approximate surface area is 144 Å². The van der Waals surface area contributed by atoms with Crippen LogP contribution in [0.1, 0.15) is 52.4 Å². The number of rotatable bonds is 0. The van der Waals surface area contributed by atoms with Gasteiger partial charge in [0.1, 0.15) is 11.7 Å². The van der Waals surface area contributed by atoms with Gasteiger partial charge < -0.3 is 19.7 Å². The number of hydrogen-bond donors (Lipinski definition) is 2. The van der Waals surface area contributed by atoms with Crippen LogP contribution >= 0.6 is 0 Å². The van der Waals surface area contributed by atoms with Gasteiger partial charge in [-0.25, -0.2) is 0 Å². The largest absolute Gasteiger partial charge is 0.389 e. The van der Waals surface area contributed by atoms with E-state index in [0.717, 1.165) is 24.8 Å². The van der Waals surface area contributed by atoms with E-state index < -0.39 is 11.7 Å². The van der Waals surface area contributed by atoms with E-state index in [1.54, 1.807) is 0 Å². The van der Waals surface area contributed by atoms with Crippen LogP contribution in [-0.4, -0.2) is 46.3 Å². The fourth-order valence-electron chi connectivity index (χ4n) is 3.88. The van der Waals surface area contributed by atoms with Gasteiger partial charge in [-0.3, -0.25) is 0 Å². The summed E-state index contributed by atoms with van der Waals surface area (Å²) >= 11 is 0. The highest BCUT2D eigenvalue weighted by Gasteiger charge is 2.51. The average Bonchev–Trinajstić information content (AvgIpc) is 3.12. The van der Waals surface area contributed by atoms with Gasteiger partial charge in [-0.2, -0.15) is 0 Å². The van der Waals surface area contributed by atoms with Crippen molar-refractivity contribution in [2.75, 3.05) is 6.61 Å². The van der Waals surface area contributed by atoms with E-state index in [2.05, 4.69) is 27.0 Å². The highest BCUT2D eigenvalue weighted by atomic mass is 16.6. The third-order valence-corrected chi connectivity index (χ3v) is 6.00. The summed E-state index contributed by atoms with van der Waals surface area (Å²) in [7, 11) is 0. The van der Waals surface area contributed by atoms with Gasteiger partial charge in [-0.15, -0.1) is 0 Å². The van der Waals surface area contributed by atoms with Crippen molar-refractivity contribution in [3.05, 3.63) is 36.0 Å². The zero-order chi connectivity index (χ0) is 17.5. The van der Waals surface area contributed by atoms with Gasteiger partial charge in [0.15, 0.2) is 0 Å². The van der Waals surface area contributed by atoms with Crippen molar-refractivity contribution in [3.8, 4) is 0 Å². The van der Waals surface area contributed by atoms with Crippen LogP contribution in [0.2, 0.25) is 0 Å². The molecule has 4 nitrogen and oxygen atoms in total. The van der Waals surface area contributed by atoms with Crippen LogP contribution in [0.5, 0.6) is 0 Å². The molecule has 0 aromatic heterocycles. The number of ether oxygens (including phenoxy) is 2. The molecule has 2 saturated heterocycles. The molecular weight excluding hydrogens is 304 g/mol. The second-order valence-corrected chi connectivity index (χ2v) is 7.94. The van der Waals surface area contributed by atoms with Crippen molar-refractivity contribution in [1.29, 1.82) is 0 Å². The van der Waals surface area contributed by atoms with Crippen LogP contribution in [0.4, 0.5) is 0 Å². The lowest BCUT2D eigenvalue weighted by molar-refractivity contribution is -0.00709. The molecular formula is C20H30O4. The van der Waals surface area contributed by atoms with Gasteiger partial charge in [-0.05, 0) is 63.5 Å². The van der Waals surface area contributed by atoms with Crippen LogP contribution in [0, 0.1) is 0 Å². The molecule has 5 atom stereocenters. The summed E-state index contributed by atoms with van der Waals surface area (Å²) in [5, 5.41) is 21.5. The van der Waals surface area contributed by atoms with Crippen LogP contribution in [0.25, 0.3) is 0 Å². The smallest absolute Gasteiger partial charge is 0.118 e. The molecule has 0 aromatic rings. The highest BCUT2D eigenvalue weighted by molar-refractivity contribution is 5.27. The van der Waals surface area contributed by atoms with Gasteiger partial charge in [-0.1, -0.05) is 24.8 Å². The normalized spacial score (nSPS) is 44.3. The molecule has 3 rings (SSSR count). The topological polar surface area (TPSA) is 62.2 Å². The Balaban J connectivity index is 1.80. The van der Waals surface area contributed by atoms with Crippen molar-refractivity contribution in [3.63, 3.8) is 0 Å². The third-order valence-electron chi connectivity index (χ3n) is 6.00. The number of aliphatic hydroxyl groups is 2. The highest BCUT2D eigenvalue weighted by Crippen LogP contribution is 2.45. The first-order valence-electron chi connectivity index (χ1n) is 8.98. The van der Waals surface area contributed by atoms with Crippen molar-refractivity contribution in [2.24, 2.45) is 0 Å². The van der Waals surface area contributed by atoms with Crippen LogP contribution in [0.3, 0.4) is 0 Å². The van der Waals surface area contributed by atoms with E-state index in [0.29, 0.717) is 31.4 Å². The molecule has 5 unspecified atom stereocenters. The molecule has 0 aromatic carbocycles. The predicted molar refractivity (Wildman–Crippen MR) is 93.7 cm³/mol. The fourth-order valence-corrected chi connectivity index (χ4v) is 3.88. The maximum absolute atomic E-state index is 11.1. The number of aliphatic hydroxyl groups excluding tert-OH is 1. The molecule has 0 spiro atoms. The average molecular weight is 334 g/mol. The SMILES string of the molecule is C=C1CCC2(O)C(=C)COC2C=C(C)CCC2OC2(C)CCC1O. The van der Waals surface area contributed by atoms with Crippen LogP contribution in [-0.2, 0) is 9.47 Å². The Morgan fingerprint density at radius 3 is 2.71 bits per heavy atom. The van der Waals surface area contributed by atoms with Crippen molar-refractivity contribution in [2.45, 2.75) is 81.9 Å². The number of epoxide rings is 1. The molecule has 0 bridgehead atoms. The third kappa shape index (κ3) is 3.38. The summed E-state index contributed by atoms with van der Waals surface area (Å²) in [6.07, 6.45) is 5.78. The first-order valence-corrected chi connectivity index (χ1v) is 8.98. The summed E-state index contributed by atoms with van der Waals surface area (Å²) < 4.78 is 11.6. The minimum absolute atomic E-state index is 0.107. The number of hydrogen-bond acceptors (Lipinski definition) is 4. The van der Waals surface area contributed by atoms with Crippen LogP contribution in [0.15, 0.2) is 36.0 Å². The van der Waals surface area contributed by atoms with Gasteiger partial charge in [0.05, 0.1) is 24.4 Å². The molecule has 0 saturated carbocycles. The molecule has 0 radical (unpaired) electrons. The lowest BCUT2D eigenvalue weighted by Crippen LogP contribution is -2.39. The van der Waals surface area contributed by atoms with E-state index >= 15 is 0 Å². The zero-order valence-corrected chi connectivity index (χ0v) is 14.9. The summed E-state index contributed by atoms with van der Waals surface area (Å²) in [6.45, 7) is 12.6. The molecule has 3 aliphatic rings. The number of allylic oxidation sites excluding steroid dienone is 1. The van der Waals surface area contributed by atoms with E-state index in [1.807, 2.05) is 6.08 Å². The molecule has 2 aliphatic heterocycles. The second-order valence-electron chi connectivity index (χ2n) is 7.94. The molecule has 2 N–H and O–H groups in total. The standard InChI is InChI=1S/C20H30O4/c1-13-5-6-17-19(4,24-17)9-8-16(21)14(2)7-10-20(22)15(3)12-23-18(20)11-13/h11,16-18,21-22H,2-3,5-10,12H2,1,4H3. The van der Waals surface area contributed by atoms with Crippen molar-refractivity contribution in [1.82, 2.24) is 0 Å². The summed E-state index contributed by atoms with van der Waals surface area (Å²) in [5.41, 5.74) is 1.51. The van der Waals surface area contributed by atoms with E-state index in [-0.39, 0.29) is 17.8 Å². The maximum Gasteiger partial charge on any atom is 0.118 e. The molecule has 134 valence electrons. The summed E-state index contributed by atoms with van der Waals surface area (Å²) in [5.74, 6) is 0. The van der Waals surface area contributed by atoms with Gasteiger partial charge >= 0.3 is 0 Å².